The first-order valence-corrected chi connectivity index (χ1v) is 16.7. The molecule has 9 nitrogen and oxygen atoms in total. The molecule has 232 valence electrons. The summed E-state index contributed by atoms with van der Waals surface area (Å²) in [5, 5.41) is 0. The van der Waals surface area contributed by atoms with Crippen molar-refractivity contribution in [2.75, 3.05) is 47.5 Å². The Labute approximate surface area is 238 Å². The van der Waals surface area contributed by atoms with Gasteiger partial charge in [0.05, 0.1) is 27.7 Å². The molecule has 0 rings (SSSR count). The van der Waals surface area contributed by atoms with Gasteiger partial charge in [-0.3, -0.25) is 14.2 Å². The summed E-state index contributed by atoms with van der Waals surface area (Å²) in [5.41, 5.74) is 0. The van der Waals surface area contributed by atoms with E-state index >= 15 is 0 Å². The topological polar surface area (TPSA) is 111 Å². The van der Waals surface area contributed by atoms with Crippen LogP contribution in [0.3, 0.4) is 0 Å². The third kappa shape index (κ3) is 27.0. The average molecular weight is 580 g/mol. The van der Waals surface area contributed by atoms with Gasteiger partial charge in [-0.25, -0.2) is 0 Å². The first kappa shape index (κ1) is 38.0. The molecule has 0 spiro atoms. The van der Waals surface area contributed by atoms with Crippen LogP contribution in [-0.4, -0.2) is 70.0 Å². The minimum atomic E-state index is -4.59. The van der Waals surface area contributed by atoms with Crippen LogP contribution in [0.25, 0.3) is 0 Å². The van der Waals surface area contributed by atoms with Gasteiger partial charge in [0.25, 0.3) is 7.82 Å². The predicted molar refractivity (Wildman–Crippen MR) is 153 cm³/mol. The van der Waals surface area contributed by atoms with Crippen LogP contribution >= 0.6 is 7.82 Å². The smallest absolute Gasteiger partial charge is 0.306 e. The first-order chi connectivity index (χ1) is 18.5. The lowest BCUT2D eigenvalue weighted by Gasteiger charge is -2.28. The average Bonchev–Trinajstić information content (AvgIpc) is 2.85. The molecule has 0 aromatic heterocycles. The lowest BCUT2D eigenvalue weighted by Crippen LogP contribution is -2.37. The summed E-state index contributed by atoms with van der Waals surface area (Å²) in [7, 11) is 1.17. The van der Waals surface area contributed by atoms with Gasteiger partial charge >= 0.3 is 11.9 Å². The van der Waals surface area contributed by atoms with Gasteiger partial charge in [0.1, 0.15) is 19.8 Å². The number of unbranched alkanes of at least 4 members (excludes halogenated alkanes) is 13. The first-order valence-electron chi connectivity index (χ1n) is 15.2. The summed E-state index contributed by atoms with van der Waals surface area (Å²) in [4.78, 5) is 36.8. The van der Waals surface area contributed by atoms with Crippen molar-refractivity contribution in [1.29, 1.82) is 0 Å². The van der Waals surface area contributed by atoms with Gasteiger partial charge in [-0.15, -0.1) is 0 Å². The number of nitrogens with zero attached hydrogens (tertiary/aromatic N) is 1. The van der Waals surface area contributed by atoms with Gasteiger partial charge in [0, 0.05) is 12.8 Å². The molecular weight excluding hydrogens is 521 g/mol. The Morgan fingerprint density at radius 2 is 1.15 bits per heavy atom. The molecule has 1 unspecified atom stereocenters. The lowest BCUT2D eigenvalue weighted by molar-refractivity contribution is -0.870. The Balaban J connectivity index is 4.56. The standard InChI is InChI=1S/C29H58NO8P/c1-6-8-10-12-14-16-18-20-22-29(32)38-27(26-37-39(33,34)36-24-23-30(3,4)5)25-35-28(31)21-19-17-15-13-11-9-7-2/h27H,6-26H2,1-5H3/t27-/m1/s1. The molecule has 0 amide bonds. The van der Waals surface area contributed by atoms with Crippen LogP contribution in [-0.2, 0) is 32.7 Å². The molecule has 0 aliphatic carbocycles. The largest absolute Gasteiger partial charge is 0.756 e. The number of phosphoric acid groups is 1. The van der Waals surface area contributed by atoms with Gasteiger partial charge in [0.2, 0.25) is 0 Å². The maximum absolute atomic E-state index is 12.4. The maximum Gasteiger partial charge on any atom is 0.306 e. The number of phosphoric ester groups is 1. The lowest BCUT2D eigenvalue weighted by atomic mass is 10.1. The second-order valence-electron chi connectivity index (χ2n) is 11.5. The Morgan fingerprint density at radius 3 is 1.64 bits per heavy atom. The fourth-order valence-corrected chi connectivity index (χ4v) is 4.62. The normalized spacial score (nSPS) is 14.1. The van der Waals surface area contributed by atoms with Gasteiger partial charge in [0.15, 0.2) is 6.10 Å². The fraction of sp³-hybridized carbons (Fsp3) is 0.931. The number of likely N-dealkylation sites (N-methyl/N-ethyl adjacent to an activating group) is 1. The highest BCUT2D eigenvalue weighted by Crippen LogP contribution is 2.38. The zero-order valence-electron chi connectivity index (χ0n) is 25.6. The molecular formula is C29H58NO8P. The van der Waals surface area contributed by atoms with Crippen LogP contribution in [0.4, 0.5) is 0 Å². The van der Waals surface area contributed by atoms with Crippen molar-refractivity contribution in [3.05, 3.63) is 0 Å². The molecule has 0 radical (unpaired) electrons. The molecule has 0 bridgehead atoms. The van der Waals surface area contributed by atoms with Crippen LogP contribution in [0.2, 0.25) is 0 Å². The highest BCUT2D eigenvalue weighted by atomic mass is 31.2. The van der Waals surface area contributed by atoms with E-state index in [1.807, 2.05) is 21.1 Å². The number of hydrogen-bond acceptors (Lipinski definition) is 8. The van der Waals surface area contributed by atoms with Crippen molar-refractivity contribution in [2.45, 2.75) is 129 Å². The van der Waals surface area contributed by atoms with Crippen LogP contribution < -0.4 is 4.89 Å². The quantitative estimate of drug-likeness (QED) is 0.0481. The summed E-state index contributed by atoms with van der Waals surface area (Å²) in [5.74, 6) is -0.846. The summed E-state index contributed by atoms with van der Waals surface area (Å²) in [6.45, 7) is 4.11. The third-order valence-corrected chi connectivity index (χ3v) is 7.34. The molecule has 0 aliphatic rings. The zero-order valence-corrected chi connectivity index (χ0v) is 26.5. The van der Waals surface area contributed by atoms with Gasteiger partial charge in [-0.1, -0.05) is 97.3 Å². The summed E-state index contributed by atoms with van der Waals surface area (Å²) < 4.78 is 33.4. The molecule has 0 aliphatic heterocycles. The molecule has 0 heterocycles. The van der Waals surface area contributed by atoms with Crippen LogP contribution in [0, 0.1) is 0 Å². The molecule has 10 heteroatoms. The number of rotatable bonds is 27. The van der Waals surface area contributed by atoms with Gasteiger partial charge in [-0.2, -0.15) is 0 Å². The molecule has 0 aromatic carbocycles. The van der Waals surface area contributed by atoms with Crippen LogP contribution in [0.15, 0.2) is 0 Å². The van der Waals surface area contributed by atoms with Gasteiger partial charge < -0.3 is 27.9 Å². The van der Waals surface area contributed by atoms with E-state index in [9.17, 15) is 19.0 Å². The van der Waals surface area contributed by atoms with Crippen molar-refractivity contribution >= 4 is 19.8 Å². The maximum atomic E-state index is 12.4. The Kier molecular flexibility index (Phi) is 23.1. The highest BCUT2D eigenvalue weighted by Gasteiger charge is 2.21. The molecule has 0 aromatic rings. The monoisotopic (exact) mass is 579 g/mol. The van der Waals surface area contributed by atoms with E-state index < -0.39 is 32.5 Å². The number of hydrogen-bond donors (Lipinski definition) is 0. The molecule has 0 fully saturated rings. The third-order valence-electron chi connectivity index (χ3n) is 6.38. The molecule has 0 saturated heterocycles. The van der Waals surface area contributed by atoms with E-state index in [1.165, 1.54) is 51.4 Å². The molecule has 0 N–H and O–H groups in total. The second kappa shape index (κ2) is 23.7. The number of quaternary nitrogens is 1. The minimum Gasteiger partial charge on any atom is -0.756 e. The Morgan fingerprint density at radius 1 is 0.692 bits per heavy atom. The van der Waals surface area contributed by atoms with Crippen molar-refractivity contribution in [3.8, 4) is 0 Å². The van der Waals surface area contributed by atoms with E-state index in [0.717, 1.165) is 38.5 Å². The van der Waals surface area contributed by atoms with E-state index in [2.05, 4.69) is 13.8 Å². The van der Waals surface area contributed by atoms with Crippen molar-refractivity contribution in [1.82, 2.24) is 0 Å². The van der Waals surface area contributed by atoms with E-state index in [-0.39, 0.29) is 26.1 Å². The molecule has 2 atom stereocenters. The molecule has 0 saturated carbocycles. The number of ether oxygens (including phenoxy) is 2. The molecule has 39 heavy (non-hydrogen) atoms. The van der Waals surface area contributed by atoms with Crippen LogP contribution in [0.5, 0.6) is 0 Å². The zero-order chi connectivity index (χ0) is 29.4. The number of carbonyl (C=O) groups is 2. The Bertz CT molecular complexity index is 668. The second-order valence-corrected chi connectivity index (χ2v) is 12.9. The van der Waals surface area contributed by atoms with Crippen LogP contribution in [0.1, 0.15) is 123 Å². The van der Waals surface area contributed by atoms with E-state index in [4.69, 9.17) is 18.5 Å². The number of esters is 2. The summed E-state index contributed by atoms with van der Waals surface area (Å²) in [6.07, 6.45) is 15.9. The SMILES string of the molecule is CCCCCCCCCCC(=O)O[C@H](COC(=O)CCCCCCCCC)COP(=O)([O-])OCC[N+](C)(C)C. The predicted octanol–water partition coefficient (Wildman–Crippen LogP) is 6.32. The van der Waals surface area contributed by atoms with Gasteiger partial charge in [-0.05, 0) is 12.8 Å². The van der Waals surface area contributed by atoms with E-state index in [1.54, 1.807) is 0 Å². The summed E-state index contributed by atoms with van der Waals surface area (Å²) in [6, 6.07) is 0. The van der Waals surface area contributed by atoms with Crippen molar-refractivity contribution in [3.63, 3.8) is 0 Å². The Hall–Kier alpha value is -0.990. The minimum absolute atomic E-state index is 0.0272. The highest BCUT2D eigenvalue weighted by molar-refractivity contribution is 7.45. The summed E-state index contributed by atoms with van der Waals surface area (Å²) >= 11 is 0. The fourth-order valence-electron chi connectivity index (χ4n) is 3.89. The number of carbonyl (C=O) groups excluding carboxylic acids is 2. The van der Waals surface area contributed by atoms with Crippen molar-refractivity contribution < 1.29 is 42.1 Å². The van der Waals surface area contributed by atoms with Crippen molar-refractivity contribution in [2.24, 2.45) is 0 Å². The van der Waals surface area contributed by atoms with E-state index in [0.29, 0.717) is 17.4 Å².